The SMILES string of the molecule is O=C(Nc1ccc2[nH]c(=O)[nH]c2c1)c1n[nH]c(=O)c2ccccc12. The van der Waals surface area contributed by atoms with Crippen molar-refractivity contribution in [3.05, 3.63) is 69.0 Å². The third-order valence-electron chi connectivity index (χ3n) is 3.68. The molecule has 4 rings (SSSR count). The average molecular weight is 321 g/mol. The average Bonchev–Trinajstić information content (AvgIpc) is 2.94. The van der Waals surface area contributed by atoms with Gasteiger partial charge in [0.25, 0.3) is 11.5 Å². The topological polar surface area (TPSA) is 124 Å². The molecule has 2 heterocycles. The van der Waals surface area contributed by atoms with E-state index >= 15 is 0 Å². The van der Waals surface area contributed by atoms with Crippen LogP contribution in [-0.4, -0.2) is 26.1 Å². The minimum atomic E-state index is -0.459. The number of imidazole rings is 1. The van der Waals surface area contributed by atoms with E-state index in [1.165, 1.54) is 0 Å². The van der Waals surface area contributed by atoms with Crippen LogP contribution in [-0.2, 0) is 0 Å². The minimum absolute atomic E-state index is 0.118. The molecule has 2 aromatic heterocycles. The quantitative estimate of drug-likeness (QED) is 0.445. The molecule has 0 fully saturated rings. The molecular formula is C16H11N5O3. The van der Waals surface area contributed by atoms with Gasteiger partial charge < -0.3 is 15.3 Å². The van der Waals surface area contributed by atoms with E-state index in [2.05, 4.69) is 25.5 Å². The van der Waals surface area contributed by atoms with Crippen LogP contribution in [0, 0.1) is 0 Å². The summed E-state index contributed by atoms with van der Waals surface area (Å²) in [6.07, 6.45) is 0. The lowest BCUT2D eigenvalue weighted by Gasteiger charge is -2.06. The molecule has 0 bridgehead atoms. The summed E-state index contributed by atoms with van der Waals surface area (Å²) in [6, 6.07) is 11.7. The maximum atomic E-state index is 12.5. The minimum Gasteiger partial charge on any atom is -0.320 e. The van der Waals surface area contributed by atoms with E-state index in [9.17, 15) is 14.4 Å². The van der Waals surface area contributed by atoms with Gasteiger partial charge in [-0.05, 0) is 24.3 Å². The van der Waals surface area contributed by atoms with Gasteiger partial charge in [-0.1, -0.05) is 18.2 Å². The van der Waals surface area contributed by atoms with Gasteiger partial charge in [0.05, 0.1) is 16.4 Å². The Kier molecular flexibility index (Phi) is 3.02. The Morgan fingerprint density at radius 1 is 0.958 bits per heavy atom. The molecule has 1 amide bonds. The summed E-state index contributed by atoms with van der Waals surface area (Å²) < 4.78 is 0. The zero-order valence-electron chi connectivity index (χ0n) is 12.2. The smallest absolute Gasteiger partial charge is 0.320 e. The van der Waals surface area contributed by atoms with Gasteiger partial charge in [0.15, 0.2) is 5.69 Å². The lowest BCUT2D eigenvalue weighted by molar-refractivity contribution is 0.102. The second-order valence-corrected chi connectivity index (χ2v) is 5.24. The highest BCUT2D eigenvalue weighted by Gasteiger charge is 2.14. The Morgan fingerprint density at radius 3 is 2.54 bits per heavy atom. The molecule has 0 radical (unpaired) electrons. The first-order valence-electron chi connectivity index (χ1n) is 7.12. The number of H-pyrrole nitrogens is 3. The number of anilines is 1. The van der Waals surface area contributed by atoms with Gasteiger partial charge in [-0.2, -0.15) is 5.10 Å². The van der Waals surface area contributed by atoms with Crippen LogP contribution in [0.5, 0.6) is 0 Å². The number of hydrogen-bond acceptors (Lipinski definition) is 4. The van der Waals surface area contributed by atoms with E-state index in [0.29, 0.717) is 27.5 Å². The van der Waals surface area contributed by atoms with Crippen LogP contribution in [0.15, 0.2) is 52.1 Å². The first kappa shape index (κ1) is 13.9. The standard InChI is InChI=1S/C16H11N5O3/c22-14-10-4-2-1-3-9(10)13(20-21-14)15(23)17-8-5-6-11-12(7-8)19-16(24)18-11/h1-7H,(H,17,23)(H,21,22)(H2,18,19,24). The molecule has 0 saturated heterocycles. The number of rotatable bonds is 2. The monoisotopic (exact) mass is 321 g/mol. The molecule has 8 heteroatoms. The van der Waals surface area contributed by atoms with Gasteiger partial charge in [0, 0.05) is 11.1 Å². The van der Waals surface area contributed by atoms with Crippen LogP contribution < -0.4 is 16.6 Å². The van der Waals surface area contributed by atoms with Crippen molar-refractivity contribution in [3.63, 3.8) is 0 Å². The summed E-state index contributed by atoms with van der Waals surface area (Å²) in [4.78, 5) is 40.8. The van der Waals surface area contributed by atoms with E-state index in [1.54, 1.807) is 42.5 Å². The van der Waals surface area contributed by atoms with E-state index < -0.39 is 5.91 Å². The molecule has 8 nitrogen and oxygen atoms in total. The molecule has 0 aliphatic rings. The molecule has 118 valence electrons. The van der Waals surface area contributed by atoms with E-state index in [-0.39, 0.29) is 16.9 Å². The molecule has 0 aliphatic carbocycles. The highest BCUT2D eigenvalue weighted by molar-refractivity contribution is 6.11. The fraction of sp³-hybridized carbons (Fsp3) is 0. The van der Waals surface area contributed by atoms with Crippen molar-refractivity contribution in [2.45, 2.75) is 0 Å². The van der Waals surface area contributed by atoms with Crippen LogP contribution in [0.1, 0.15) is 10.5 Å². The Bertz CT molecular complexity index is 1200. The molecule has 0 saturated carbocycles. The van der Waals surface area contributed by atoms with E-state index in [1.807, 2.05) is 0 Å². The van der Waals surface area contributed by atoms with Crippen LogP contribution >= 0.6 is 0 Å². The highest BCUT2D eigenvalue weighted by Crippen LogP contribution is 2.17. The van der Waals surface area contributed by atoms with Crippen LogP contribution in [0.2, 0.25) is 0 Å². The Hall–Kier alpha value is -3.68. The molecule has 0 spiro atoms. The number of fused-ring (bicyclic) bond motifs is 2. The maximum Gasteiger partial charge on any atom is 0.323 e. The number of hydrogen-bond donors (Lipinski definition) is 4. The zero-order chi connectivity index (χ0) is 16.7. The maximum absolute atomic E-state index is 12.5. The number of carbonyl (C=O) groups is 1. The number of aromatic amines is 3. The normalized spacial score (nSPS) is 11.0. The van der Waals surface area contributed by atoms with Crippen LogP contribution in [0.25, 0.3) is 21.8 Å². The summed E-state index contributed by atoms with van der Waals surface area (Å²) in [5.41, 5.74) is 1.17. The van der Waals surface area contributed by atoms with E-state index in [0.717, 1.165) is 0 Å². The van der Waals surface area contributed by atoms with Gasteiger partial charge in [0.1, 0.15) is 0 Å². The fourth-order valence-electron chi connectivity index (χ4n) is 2.59. The van der Waals surface area contributed by atoms with Crippen molar-refractivity contribution in [1.29, 1.82) is 0 Å². The predicted octanol–water partition coefficient (Wildman–Crippen LogP) is 1.34. The molecule has 4 N–H and O–H groups in total. The van der Waals surface area contributed by atoms with Crippen molar-refractivity contribution in [1.82, 2.24) is 20.2 Å². The lowest BCUT2D eigenvalue weighted by atomic mass is 10.1. The third-order valence-corrected chi connectivity index (χ3v) is 3.68. The van der Waals surface area contributed by atoms with Gasteiger partial charge >= 0.3 is 5.69 Å². The zero-order valence-corrected chi connectivity index (χ0v) is 12.2. The molecule has 0 atom stereocenters. The summed E-state index contributed by atoms with van der Waals surface area (Å²) >= 11 is 0. The summed E-state index contributed by atoms with van der Waals surface area (Å²) in [7, 11) is 0. The second kappa shape index (κ2) is 5.20. The first-order valence-corrected chi connectivity index (χ1v) is 7.12. The van der Waals surface area contributed by atoms with Crippen LogP contribution in [0.3, 0.4) is 0 Å². The molecule has 0 aliphatic heterocycles. The Morgan fingerprint density at radius 2 is 1.71 bits per heavy atom. The number of nitrogens with zero attached hydrogens (tertiary/aromatic N) is 1. The molecular weight excluding hydrogens is 310 g/mol. The van der Waals surface area contributed by atoms with Gasteiger partial charge in [-0.25, -0.2) is 9.89 Å². The summed E-state index contributed by atoms with van der Waals surface area (Å²) in [5, 5.41) is 9.75. The number of nitrogens with one attached hydrogen (secondary N) is 4. The number of aromatic nitrogens is 4. The fourth-order valence-corrected chi connectivity index (χ4v) is 2.59. The first-order chi connectivity index (χ1) is 11.6. The van der Waals surface area contributed by atoms with Gasteiger partial charge in [-0.3, -0.25) is 9.59 Å². The molecule has 4 aromatic rings. The van der Waals surface area contributed by atoms with Crippen LogP contribution in [0.4, 0.5) is 5.69 Å². The highest BCUT2D eigenvalue weighted by atomic mass is 16.2. The van der Waals surface area contributed by atoms with Crippen molar-refractivity contribution < 1.29 is 4.79 Å². The Labute approximate surface area is 133 Å². The van der Waals surface area contributed by atoms with Crippen molar-refractivity contribution >= 4 is 33.4 Å². The molecule has 24 heavy (non-hydrogen) atoms. The largest absolute Gasteiger partial charge is 0.323 e. The van der Waals surface area contributed by atoms with Crippen molar-refractivity contribution in [3.8, 4) is 0 Å². The predicted molar refractivity (Wildman–Crippen MR) is 89.2 cm³/mol. The number of benzene rings is 2. The summed E-state index contributed by atoms with van der Waals surface area (Å²) in [5.74, 6) is -0.459. The number of amides is 1. The van der Waals surface area contributed by atoms with Gasteiger partial charge in [0.2, 0.25) is 0 Å². The lowest BCUT2D eigenvalue weighted by Crippen LogP contribution is -2.19. The molecule has 2 aromatic carbocycles. The number of carbonyl (C=O) groups excluding carboxylic acids is 1. The van der Waals surface area contributed by atoms with Crippen molar-refractivity contribution in [2.24, 2.45) is 0 Å². The van der Waals surface area contributed by atoms with Gasteiger partial charge in [-0.15, -0.1) is 0 Å². The van der Waals surface area contributed by atoms with Crippen molar-refractivity contribution in [2.75, 3.05) is 5.32 Å². The summed E-state index contributed by atoms with van der Waals surface area (Å²) in [6.45, 7) is 0. The molecule has 0 unspecified atom stereocenters. The Balaban J connectivity index is 1.74. The third kappa shape index (κ3) is 2.26. The second-order valence-electron chi connectivity index (χ2n) is 5.24. The van der Waals surface area contributed by atoms with E-state index in [4.69, 9.17) is 0 Å².